The number of nitrogens with zero attached hydrogens (tertiary/aromatic N) is 3. The minimum absolute atomic E-state index is 0.291. The molecule has 0 atom stereocenters. The molecule has 2 aromatic rings. The number of carboxylic acid groups (broad SMARTS) is 2. The lowest BCUT2D eigenvalue weighted by Gasteiger charge is -2.38. The first kappa shape index (κ1) is 27.0. The van der Waals surface area contributed by atoms with Crippen molar-refractivity contribution in [2.75, 3.05) is 57.8 Å². The van der Waals surface area contributed by atoms with Crippen molar-refractivity contribution in [1.29, 1.82) is 0 Å². The number of methoxy groups -OCH3 is 1. The average Bonchev–Trinajstić information content (AvgIpc) is 2.90. The van der Waals surface area contributed by atoms with E-state index in [4.69, 9.17) is 24.5 Å². The molecule has 36 heavy (non-hydrogen) atoms. The van der Waals surface area contributed by atoms with Gasteiger partial charge in [-0.2, -0.15) is 0 Å². The molecule has 2 heterocycles. The number of likely N-dealkylation sites (tertiary alicyclic amines) is 1. The third kappa shape index (κ3) is 7.98. The van der Waals surface area contributed by atoms with E-state index >= 15 is 0 Å². The first-order valence-electron chi connectivity index (χ1n) is 12.3. The number of amides is 1. The highest BCUT2D eigenvalue weighted by Gasteiger charge is 2.26. The lowest BCUT2D eigenvalue weighted by Crippen LogP contribution is -2.51. The Labute approximate surface area is 211 Å². The fraction of sp³-hybridized carbons (Fsp3) is 0.444. The molecule has 4 rings (SSSR count). The summed E-state index contributed by atoms with van der Waals surface area (Å²) in [6.07, 6.45) is 3.36. The number of rotatable bonds is 6. The summed E-state index contributed by atoms with van der Waals surface area (Å²) in [5.41, 5.74) is 2.56. The van der Waals surface area contributed by atoms with Crippen LogP contribution in [0.2, 0.25) is 0 Å². The van der Waals surface area contributed by atoms with Crippen LogP contribution in [0.3, 0.4) is 0 Å². The highest BCUT2D eigenvalue weighted by molar-refractivity contribution is 6.27. The van der Waals surface area contributed by atoms with Crippen LogP contribution in [0.25, 0.3) is 0 Å². The van der Waals surface area contributed by atoms with Gasteiger partial charge < -0.3 is 24.7 Å². The second-order valence-electron chi connectivity index (χ2n) is 9.06. The Morgan fingerprint density at radius 3 is 2.00 bits per heavy atom. The van der Waals surface area contributed by atoms with Crippen molar-refractivity contribution in [3.8, 4) is 5.75 Å². The van der Waals surface area contributed by atoms with Gasteiger partial charge in [0.15, 0.2) is 0 Å². The number of ether oxygens (including phenoxy) is 1. The Morgan fingerprint density at radius 1 is 0.833 bits per heavy atom. The van der Waals surface area contributed by atoms with Crippen molar-refractivity contribution in [2.24, 2.45) is 5.92 Å². The molecule has 0 unspecified atom stereocenters. The van der Waals surface area contributed by atoms with Gasteiger partial charge in [0.25, 0.3) is 0 Å². The monoisotopic (exact) mass is 497 g/mol. The summed E-state index contributed by atoms with van der Waals surface area (Å²) in [5.74, 6) is -1.75. The average molecular weight is 498 g/mol. The highest BCUT2D eigenvalue weighted by atomic mass is 16.5. The number of anilines is 1. The number of carboxylic acids is 2. The molecule has 0 bridgehead atoms. The number of carbonyl (C=O) groups is 3. The first-order valence-corrected chi connectivity index (χ1v) is 12.3. The van der Waals surface area contributed by atoms with Gasteiger partial charge in [0, 0.05) is 39.3 Å². The molecule has 2 saturated heterocycles. The molecule has 2 fully saturated rings. The zero-order valence-corrected chi connectivity index (χ0v) is 20.7. The van der Waals surface area contributed by atoms with Crippen LogP contribution in [0.4, 0.5) is 5.69 Å². The van der Waals surface area contributed by atoms with E-state index in [2.05, 4.69) is 57.2 Å². The molecule has 9 nitrogen and oxygen atoms in total. The Bertz CT molecular complexity index is 988. The first-order chi connectivity index (χ1) is 17.4. The van der Waals surface area contributed by atoms with E-state index in [9.17, 15) is 4.79 Å². The highest BCUT2D eigenvalue weighted by Crippen LogP contribution is 2.28. The van der Waals surface area contributed by atoms with Crippen molar-refractivity contribution in [3.05, 3.63) is 60.2 Å². The minimum Gasteiger partial charge on any atom is -0.495 e. The van der Waals surface area contributed by atoms with Crippen LogP contribution in [0, 0.1) is 5.92 Å². The lowest BCUT2D eigenvalue weighted by atomic mass is 9.90. The van der Waals surface area contributed by atoms with Crippen molar-refractivity contribution >= 4 is 23.5 Å². The molecule has 194 valence electrons. The largest absolute Gasteiger partial charge is 0.495 e. The number of aliphatic carboxylic acids is 2. The molecule has 2 aliphatic rings. The van der Waals surface area contributed by atoms with Crippen LogP contribution in [0.1, 0.15) is 18.4 Å². The van der Waals surface area contributed by atoms with Gasteiger partial charge in [-0.25, -0.2) is 9.59 Å². The van der Waals surface area contributed by atoms with Gasteiger partial charge in [0.2, 0.25) is 5.91 Å². The maximum Gasteiger partial charge on any atom is 0.414 e. The van der Waals surface area contributed by atoms with Crippen molar-refractivity contribution < 1.29 is 29.3 Å². The van der Waals surface area contributed by atoms with Crippen LogP contribution in [-0.2, 0) is 20.8 Å². The van der Waals surface area contributed by atoms with E-state index < -0.39 is 11.9 Å². The second-order valence-corrected chi connectivity index (χ2v) is 9.06. The van der Waals surface area contributed by atoms with E-state index in [0.29, 0.717) is 18.4 Å². The van der Waals surface area contributed by atoms with E-state index in [-0.39, 0.29) is 0 Å². The Balaban J connectivity index is 0.000000538. The standard InChI is InChI=1S/C25H33N3O2.C2H2O4/c1-30-24-10-6-5-9-23(24)27-17-15-26(16-18-27)20-25(29)28-13-11-22(12-14-28)19-21-7-3-2-4-8-21;3-1(4)2(5)6/h2-10,22H,11-20H2,1H3;(H,3,4)(H,5,6). The van der Waals surface area contributed by atoms with E-state index in [1.54, 1.807) is 7.11 Å². The van der Waals surface area contributed by atoms with Gasteiger partial charge >= 0.3 is 11.9 Å². The van der Waals surface area contributed by atoms with Gasteiger partial charge in [0.05, 0.1) is 19.3 Å². The summed E-state index contributed by atoms with van der Waals surface area (Å²) in [5, 5.41) is 14.8. The number of carbonyl (C=O) groups excluding carboxylic acids is 1. The van der Waals surface area contributed by atoms with Crippen LogP contribution in [0.5, 0.6) is 5.75 Å². The third-order valence-corrected chi connectivity index (χ3v) is 6.67. The maximum absolute atomic E-state index is 12.8. The van der Waals surface area contributed by atoms with E-state index in [0.717, 1.165) is 70.0 Å². The molecular formula is C27H35N3O6. The van der Waals surface area contributed by atoms with Gasteiger partial charge in [0.1, 0.15) is 5.75 Å². The number of para-hydroxylation sites is 2. The van der Waals surface area contributed by atoms with Crippen molar-refractivity contribution in [2.45, 2.75) is 19.3 Å². The zero-order chi connectivity index (χ0) is 25.9. The van der Waals surface area contributed by atoms with Crippen LogP contribution >= 0.6 is 0 Å². The molecule has 9 heteroatoms. The molecule has 0 aliphatic carbocycles. The van der Waals surface area contributed by atoms with Gasteiger partial charge in [-0.3, -0.25) is 9.69 Å². The van der Waals surface area contributed by atoms with E-state index in [1.165, 1.54) is 5.56 Å². The predicted octanol–water partition coefficient (Wildman–Crippen LogP) is 2.45. The topological polar surface area (TPSA) is 111 Å². The Morgan fingerprint density at radius 2 is 1.42 bits per heavy atom. The Kier molecular flexibility index (Phi) is 10.1. The Hall–Kier alpha value is -3.59. The number of hydrogen-bond donors (Lipinski definition) is 2. The maximum atomic E-state index is 12.8. The molecule has 0 saturated carbocycles. The predicted molar refractivity (Wildman–Crippen MR) is 136 cm³/mol. The zero-order valence-electron chi connectivity index (χ0n) is 20.7. The molecule has 2 aromatic carbocycles. The number of piperidine rings is 1. The van der Waals surface area contributed by atoms with Crippen molar-refractivity contribution in [3.63, 3.8) is 0 Å². The van der Waals surface area contributed by atoms with Crippen molar-refractivity contribution in [1.82, 2.24) is 9.80 Å². The van der Waals surface area contributed by atoms with Gasteiger partial charge in [-0.05, 0) is 42.9 Å². The number of hydrogen-bond acceptors (Lipinski definition) is 6. The fourth-order valence-electron chi connectivity index (χ4n) is 4.66. The van der Waals surface area contributed by atoms with E-state index in [1.807, 2.05) is 12.1 Å². The molecule has 0 spiro atoms. The fourth-order valence-corrected chi connectivity index (χ4v) is 4.66. The molecular weight excluding hydrogens is 462 g/mol. The third-order valence-electron chi connectivity index (χ3n) is 6.67. The van der Waals surface area contributed by atoms with Crippen LogP contribution in [-0.4, -0.2) is 90.8 Å². The van der Waals surface area contributed by atoms with Crippen LogP contribution in [0.15, 0.2) is 54.6 Å². The summed E-state index contributed by atoms with van der Waals surface area (Å²) >= 11 is 0. The van der Waals surface area contributed by atoms with Gasteiger partial charge in [-0.15, -0.1) is 0 Å². The molecule has 2 N–H and O–H groups in total. The molecule has 0 radical (unpaired) electrons. The molecule has 0 aromatic heterocycles. The second kappa shape index (κ2) is 13.5. The van der Waals surface area contributed by atoms with Crippen LogP contribution < -0.4 is 9.64 Å². The summed E-state index contributed by atoms with van der Waals surface area (Å²) in [7, 11) is 1.72. The summed E-state index contributed by atoms with van der Waals surface area (Å²) in [6, 6.07) is 18.9. The quantitative estimate of drug-likeness (QED) is 0.586. The normalized spacial score (nSPS) is 16.6. The minimum atomic E-state index is -1.82. The summed E-state index contributed by atoms with van der Waals surface area (Å²) < 4.78 is 5.50. The number of piperazine rings is 1. The summed E-state index contributed by atoms with van der Waals surface area (Å²) in [4.78, 5) is 37.8. The summed E-state index contributed by atoms with van der Waals surface area (Å²) in [6.45, 7) is 6.01. The lowest BCUT2D eigenvalue weighted by molar-refractivity contribution is -0.159. The number of benzene rings is 2. The molecule has 1 amide bonds. The smallest absolute Gasteiger partial charge is 0.414 e. The SMILES string of the molecule is COc1ccccc1N1CCN(CC(=O)N2CCC(Cc3ccccc3)CC2)CC1.O=C(O)C(=O)O. The van der Waals surface area contributed by atoms with Gasteiger partial charge in [-0.1, -0.05) is 42.5 Å². The molecule has 2 aliphatic heterocycles.